The molecule has 0 saturated carbocycles. The van der Waals surface area contributed by atoms with E-state index in [-0.39, 0.29) is 11.5 Å². The average molecular weight is 290 g/mol. The van der Waals surface area contributed by atoms with Crippen molar-refractivity contribution in [3.05, 3.63) is 23.3 Å². The van der Waals surface area contributed by atoms with E-state index in [0.29, 0.717) is 12.0 Å². The molecule has 1 aliphatic heterocycles. The maximum atomic E-state index is 12.8. The molecule has 2 rings (SSSR count). The van der Waals surface area contributed by atoms with Crippen LogP contribution in [0.1, 0.15) is 25.0 Å². The Kier molecular flexibility index (Phi) is 3.31. The predicted octanol–water partition coefficient (Wildman–Crippen LogP) is 2.88. The minimum atomic E-state index is -4.52. The van der Waals surface area contributed by atoms with E-state index in [1.165, 1.54) is 0 Å². The Balaban J connectivity index is 2.44. The van der Waals surface area contributed by atoms with Gasteiger partial charge in [-0.15, -0.1) is 0 Å². The van der Waals surface area contributed by atoms with Crippen molar-refractivity contribution in [2.75, 3.05) is 6.61 Å². The zero-order valence-corrected chi connectivity index (χ0v) is 10.9. The van der Waals surface area contributed by atoms with Gasteiger partial charge in [-0.1, -0.05) is 0 Å². The standard InChI is InChI=1S/C13H13F3O4/c1-12(2)5-7-3-8(13(14,15)16)4-9(11(7)20-12)19-6-10(17)18/h3-4H,5-6H2,1-2H3,(H,17,18). The number of carbonyl (C=O) groups is 1. The first-order chi connectivity index (χ1) is 9.08. The molecule has 0 fully saturated rings. The number of benzene rings is 1. The number of aliphatic carboxylic acids is 1. The highest BCUT2D eigenvalue weighted by Gasteiger charge is 2.38. The van der Waals surface area contributed by atoms with Crippen LogP contribution in [0.2, 0.25) is 0 Å². The van der Waals surface area contributed by atoms with E-state index in [1.54, 1.807) is 13.8 Å². The van der Waals surface area contributed by atoms with Crippen LogP contribution in [0.3, 0.4) is 0 Å². The number of hydrogen-bond acceptors (Lipinski definition) is 3. The Morgan fingerprint density at radius 2 is 2.10 bits per heavy atom. The molecule has 0 aromatic heterocycles. The molecule has 0 aliphatic carbocycles. The summed E-state index contributed by atoms with van der Waals surface area (Å²) in [5.41, 5.74) is -1.16. The van der Waals surface area contributed by atoms with Crippen LogP contribution in [-0.2, 0) is 17.4 Å². The largest absolute Gasteiger partial charge is 0.483 e. The number of fused-ring (bicyclic) bond motifs is 1. The number of ether oxygens (including phenoxy) is 2. The molecule has 4 nitrogen and oxygen atoms in total. The third kappa shape index (κ3) is 2.97. The fourth-order valence-corrected chi connectivity index (χ4v) is 2.09. The zero-order valence-electron chi connectivity index (χ0n) is 10.9. The monoisotopic (exact) mass is 290 g/mol. The first-order valence-electron chi connectivity index (χ1n) is 5.86. The second-order valence-corrected chi connectivity index (χ2v) is 5.18. The summed E-state index contributed by atoms with van der Waals surface area (Å²) in [6.07, 6.45) is -4.22. The third-order valence-corrected chi connectivity index (χ3v) is 2.80. The second kappa shape index (κ2) is 4.57. The summed E-state index contributed by atoms with van der Waals surface area (Å²) in [7, 11) is 0. The van der Waals surface area contributed by atoms with Crippen molar-refractivity contribution in [3.63, 3.8) is 0 Å². The van der Waals surface area contributed by atoms with Gasteiger partial charge in [0.05, 0.1) is 5.56 Å². The molecule has 0 amide bonds. The van der Waals surface area contributed by atoms with Gasteiger partial charge in [-0.05, 0) is 26.0 Å². The number of halogens is 3. The van der Waals surface area contributed by atoms with Crippen LogP contribution < -0.4 is 9.47 Å². The van der Waals surface area contributed by atoms with Gasteiger partial charge in [0.2, 0.25) is 0 Å². The number of carboxylic acid groups (broad SMARTS) is 1. The molecule has 0 spiro atoms. The molecule has 1 aromatic carbocycles. The average Bonchev–Trinajstić information content (AvgIpc) is 2.58. The van der Waals surface area contributed by atoms with E-state index in [4.69, 9.17) is 14.6 Å². The van der Waals surface area contributed by atoms with Crippen LogP contribution in [0.25, 0.3) is 0 Å². The molecular formula is C13H13F3O4. The maximum absolute atomic E-state index is 12.8. The molecule has 0 bridgehead atoms. The molecule has 0 radical (unpaired) electrons. The molecule has 1 aliphatic rings. The number of rotatable bonds is 3. The van der Waals surface area contributed by atoms with Crippen LogP contribution >= 0.6 is 0 Å². The molecule has 0 saturated heterocycles. The smallest absolute Gasteiger partial charge is 0.416 e. The van der Waals surface area contributed by atoms with E-state index in [1.807, 2.05) is 0 Å². The highest BCUT2D eigenvalue weighted by molar-refractivity contribution is 5.69. The van der Waals surface area contributed by atoms with Crippen molar-refractivity contribution < 1.29 is 32.5 Å². The Labute approximate surface area is 113 Å². The molecule has 1 aromatic rings. The summed E-state index contributed by atoms with van der Waals surface area (Å²) >= 11 is 0. The quantitative estimate of drug-likeness (QED) is 0.930. The molecule has 110 valence electrons. The Hall–Kier alpha value is -1.92. The Morgan fingerprint density at radius 1 is 1.45 bits per heavy atom. The van der Waals surface area contributed by atoms with E-state index in [2.05, 4.69) is 0 Å². The first-order valence-corrected chi connectivity index (χ1v) is 5.86. The van der Waals surface area contributed by atoms with Gasteiger partial charge in [0, 0.05) is 12.0 Å². The lowest BCUT2D eigenvalue weighted by Crippen LogP contribution is -2.24. The predicted molar refractivity (Wildman–Crippen MR) is 63.0 cm³/mol. The second-order valence-electron chi connectivity index (χ2n) is 5.18. The summed E-state index contributed by atoms with van der Waals surface area (Å²) in [6.45, 7) is 2.75. The zero-order chi connectivity index (χ0) is 15.1. The summed E-state index contributed by atoms with van der Waals surface area (Å²) in [4.78, 5) is 10.5. The highest BCUT2D eigenvalue weighted by Crippen LogP contribution is 2.45. The van der Waals surface area contributed by atoms with Crippen LogP contribution in [0.15, 0.2) is 12.1 Å². The van der Waals surface area contributed by atoms with E-state index in [0.717, 1.165) is 12.1 Å². The van der Waals surface area contributed by atoms with Crippen molar-refractivity contribution in [1.82, 2.24) is 0 Å². The molecular weight excluding hydrogens is 277 g/mol. The number of carboxylic acids is 1. The van der Waals surface area contributed by atoms with Crippen LogP contribution in [0.5, 0.6) is 11.5 Å². The van der Waals surface area contributed by atoms with E-state index < -0.39 is 29.9 Å². The minimum Gasteiger partial charge on any atom is -0.483 e. The van der Waals surface area contributed by atoms with Crippen molar-refractivity contribution in [2.24, 2.45) is 0 Å². The minimum absolute atomic E-state index is 0.184. The maximum Gasteiger partial charge on any atom is 0.416 e. The van der Waals surface area contributed by atoms with Gasteiger partial charge in [0.1, 0.15) is 5.60 Å². The number of hydrogen-bond donors (Lipinski definition) is 1. The van der Waals surface area contributed by atoms with Gasteiger partial charge in [-0.25, -0.2) is 4.79 Å². The third-order valence-electron chi connectivity index (χ3n) is 2.80. The van der Waals surface area contributed by atoms with Crippen LogP contribution in [-0.4, -0.2) is 23.3 Å². The fraction of sp³-hybridized carbons (Fsp3) is 0.462. The van der Waals surface area contributed by atoms with Crippen molar-refractivity contribution in [1.29, 1.82) is 0 Å². The molecule has 1 N–H and O–H groups in total. The highest BCUT2D eigenvalue weighted by atomic mass is 19.4. The van der Waals surface area contributed by atoms with Crippen LogP contribution in [0, 0.1) is 0 Å². The lowest BCUT2D eigenvalue weighted by atomic mass is 10.00. The van der Waals surface area contributed by atoms with Crippen molar-refractivity contribution >= 4 is 5.97 Å². The van der Waals surface area contributed by atoms with Gasteiger partial charge in [0.25, 0.3) is 0 Å². The van der Waals surface area contributed by atoms with Gasteiger partial charge >= 0.3 is 12.1 Å². The van der Waals surface area contributed by atoms with E-state index >= 15 is 0 Å². The lowest BCUT2D eigenvalue weighted by Gasteiger charge is -2.18. The van der Waals surface area contributed by atoms with Gasteiger partial charge < -0.3 is 14.6 Å². The summed E-state index contributed by atoms with van der Waals surface area (Å²) in [5.74, 6) is -1.28. The lowest BCUT2D eigenvalue weighted by molar-refractivity contribution is -0.139. The molecule has 1 heterocycles. The first kappa shape index (κ1) is 14.5. The molecule has 7 heteroatoms. The van der Waals surface area contributed by atoms with Crippen LogP contribution in [0.4, 0.5) is 13.2 Å². The van der Waals surface area contributed by atoms with Gasteiger partial charge in [0.15, 0.2) is 18.1 Å². The van der Waals surface area contributed by atoms with Crippen molar-refractivity contribution in [3.8, 4) is 11.5 Å². The molecule has 20 heavy (non-hydrogen) atoms. The molecule has 0 unspecified atom stereocenters. The van der Waals surface area contributed by atoms with E-state index in [9.17, 15) is 18.0 Å². The summed E-state index contributed by atoms with van der Waals surface area (Å²) < 4.78 is 48.9. The number of alkyl halides is 3. The summed E-state index contributed by atoms with van der Waals surface area (Å²) in [6, 6.07) is 1.78. The van der Waals surface area contributed by atoms with Crippen molar-refractivity contribution in [2.45, 2.75) is 32.0 Å². The molecule has 0 atom stereocenters. The topological polar surface area (TPSA) is 55.8 Å². The Bertz CT molecular complexity index is 549. The Morgan fingerprint density at radius 3 is 2.65 bits per heavy atom. The SMILES string of the molecule is CC1(C)Cc2cc(C(F)(F)F)cc(OCC(=O)O)c2O1. The van der Waals surface area contributed by atoms with Gasteiger partial charge in [-0.3, -0.25) is 0 Å². The normalized spacial score (nSPS) is 16.4. The fourth-order valence-electron chi connectivity index (χ4n) is 2.09. The summed E-state index contributed by atoms with van der Waals surface area (Å²) in [5, 5.41) is 8.57. The van der Waals surface area contributed by atoms with Gasteiger partial charge in [-0.2, -0.15) is 13.2 Å².